The second-order valence-electron chi connectivity index (χ2n) is 16.6. The van der Waals surface area contributed by atoms with Gasteiger partial charge in [-0.15, -0.1) is 0 Å². The molecule has 2 saturated heterocycles. The lowest BCUT2D eigenvalue weighted by atomic mass is 9.80. The Morgan fingerprint density at radius 3 is 1.48 bits per heavy atom. The zero-order valence-corrected chi connectivity index (χ0v) is 30.4. The number of esters is 2. The zero-order valence-electron chi connectivity index (χ0n) is 30.4. The zero-order chi connectivity index (χ0) is 33.9. The smallest absolute Gasteiger partial charge is 0.338 e. The fourth-order valence-electron chi connectivity index (χ4n) is 8.38. The second kappa shape index (κ2) is 14.6. The minimum Gasteiger partial charge on any atom is -0.459 e. The molecule has 0 spiro atoms. The summed E-state index contributed by atoms with van der Waals surface area (Å²) < 4.78 is 12.1. The Morgan fingerprint density at radius 2 is 1.09 bits per heavy atom. The lowest BCUT2D eigenvalue weighted by molar-refractivity contribution is -0.317. The van der Waals surface area contributed by atoms with Gasteiger partial charge in [0.15, 0.2) is 0 Å². The third-order valence-corrected chi connectivity index (χ3v) is 10.1. The van der Waals surface area contributed by atoms with Crippen LogP contribution in [0.3, 0.4) is 0 Å². The lowest BCUT2D eigenvalue weighted by Gasteiger charge is -2.54. The van der Waals surface area contributed by atoms with E-state index in [4.69, 9.17) is 19.1 Å². The monoisotopic (exact) mass is 642 g/mol. The van der Waals surface area contributed by atoms with Crippen LogP contribution >= 0.6 is 0 Å². The Bertz CT molecular complexity index is 1050. The van der Waals surface area contributed by atoms with Crippen molar-refractivity contribution in [2.75, 3.05) is 0 Å². The van der Waals surface area contributed by atoms with Crippen molar-refractivity contribution in [2.45, 2.75) is 193 Å². The molecule has 0 bridgehead atoms. The van der Waals surface area contributed by atoms with E-state index in [2.05, 4.69) is 79.4 Å². The first-order valence-corrected chi connectivity index (χ1v) is 17.9. The van der Waals surface area contributed by atoms with Gasteiger partial charge >= 0.3 is 11.9 Å². The fraction of sp³-hybridized carbons (Fsp3) is 0.789. The van der Waals surface area contributed by atoms with Crippen LogP contribution in [0.4, 0.5) is 0 Å². The normalized spacial score (nSPS) is 24.7. The molecule has 3 fully saturated rings. The number of piperidine rings is 2. The van der Waals surface area contributed by atoms with Gasteiger partial charge in [0.05, 0.1) is 23.3 Å². The SMILES string of the molecule is CCCC(CC)ON1C(C)(C)CC(OC(=O)c2ccc(C(=O)OC3CC(C)(C)N(OC4CCCCC4)C(C)(C)C3)cc2)CC1(C)C. The molecule has 0 N–H and O–H groups in total. The highest BCUT2D eigenvalue weighted by atomic mass is 16.7. The van der Waals surface area contributed by atoms with Crippen LogP contribution in [0.1, 0.15) is 167 Å². The Labute approximate surface area is 278 Å². The van der Waals surface area contributed by atoms with Crippen molar-refractivity contribution in [2.24, 2.45) is 0 Å². The van der Waals surface area contributed by atoms with Crippen LogP contribution in [-0.4, -0.2) is 68.6 Å². The van der Waals surface area contributed by atoms with E-state index in [0.29, 0.717) is 36.8 Å². The van der Waals surface area contributed by atoms with Gasteiger partial charge in [-0.3, -0.25) is 9.68 Å². The molecule has 1 atom stereocenters. The van der Waals surface area contributed by atoms with Crippen molar-refractivity contribution in [3.63, 3.8) is 0 Å². The number of hydrogen-bond donors (Lipinski definition) is 0. The fourth-order valence-corrected chi connectivity index (χ4v) is 8.38. The highest BCUT2D eigenvalue weighted by Crippen LogP contribution is 2.43. The number of carbonyl (C=O) groups excluding carboxylic acids is 2. The maximum Gasteiger partial charge on any atom is 0.338 e. The summed E-state index contributed by atoms with van der Waals surface area (Å²) in [7, 11) is 0. The third kappa shape index (κ3) is 8.91. The maximum atomic E-state index is 13.2. The average Bonchev–Trinajstić information content (AvgIpc) is 2.96. The van der Waals surface area contributed by atoms with Crippen LogP contribution in [0, 0.1) is 0 Å². The van der Waals surface area contributed by atoms with Crippen molar-refractivity contribution in [3.05, 3.63) is 35.4 Å². The minimum atomic E-state index is -0.378. The maximum absolute atomic E-state index is 13.2. The van der Waals surface area contributed by atoms with Crippen LogP contribution in [0.5, 0.6) is 0 Å². The van der Waals surface area contributed by atoms with E-state index >= 15 is 0 Å². The molecule has 8 nitrogen and oxygen atoms in total. The summed E-state index contributed by atoms with van der Waals surface area (Å²) in [5, 5.41) is 4.32. The predicted molar refractivity (Wildman–Crippen MR) is 181 cm³/mol. The standard InChI is InChI=1S/C38H62N2O6/c1-11-16-29(12-2)45-39-35(3,4)23-31(24-36(39,5)6)43-33(41)27-19-21-28(22-20-27)34(42)44-32-25-37(7,8)40(38(9,10)26-32)46-30-17-14-13-15-18-30/h19-22,29-32H,11-18,23-26H2,1-10H3. The summed E-state index contributed by atoms with van der Waals surface area (Å²) in [6.45, 7) is 21.7. The predicted octanol–water partition coefficient (Wildman–Crippen LogP) is 8.82. The summed E-state index contributed by atoms with van der Waals surface area (Å²) in [4.78, 5) is 39.6. The molecule has 1 aromatic carbocycles. The van der Waals surface area contributed by atoms with Crippen molar-refractivity contribution >= 4 is 11.9 Å². The van der Waals surface area contributed by atoms with Gasteiger partial charge in [-0.05, 0) is 105 Å². The lowest BCUT2D eigenvalue weighted by Crippen LogP contribution is -2.63. The molecular formula is C38H62N2O6. The van der Waals surface area contributed by atoms with E-state index in [1.54, 1.807) is 24.3 Å². The molecule has 8 heteroatoms. The highest BCUT2D eigenvalue weighted by molar-refractivity contribution is 5.93. The van der Waals surface area contributed by atoms with Gasteiger partial charge in [0.25, 0.3) is 0 Å². The molecule has 0 radical (unpaired) electrons. The van der Waals surface area contributed by atoms with Crippen molar-refractivity contribution in [3.8, 4) is 0 Å². The molecule has 1 aliphatic carbocycles. The molecule has 3 aliphatic rings. The molecule has 1 unspecified atom stereocenters. The van der Waals surface area contributed by atoms with Gasteiger partial charge in [0.1, 0.15) is 12.2 Å². The third-order valence-electron chi connectivity index (χ3n) is 10.1. The van der Waals surface area contributed by atoms with Crippen LogP contribution in [0.15, 0.2) is 24.3 Å². The van der Waals surface area contributed by atoms with Crippen molar-refractivity contribution in [1.29, 1.82) is 0 Å². The van der Waals surface area contributed by atoms with Crippen LogP contribution in [-0.2, 0) is 19.1 Å². The summed E-state index contributed by atoms with van der Waals surface area (Å²) in [6.07, 6.45) is 11.7. The minimum absolute atomic E-state index is 0.180. The van der Waals surface area contributed by atoms with Gasteiger partial charge in [-0.2, -0.15) is 10.1 Å². The molecule has 4 rings (SSSR count). The van der Waals surface area contributed by atoms with Crippen LogP contribution in [0.25, 0.3) is 0 Å². The quantitative estimate of drug-likeness (QED) is 0.222. The summed E-state index contributed by atoms with van der Waals surface area (Å²) in [6, 6.07) is 6.66. The molecular weight excluding hydrogens is 580 g/mol. The molecule has 1 saturated carbocycles. The van der Waals surface area contributed by atoms with E-state index in [9.17, 15) is 9.59 Å². The number of hydrogen-bond acceptors (Lipinski definition) is 8. The summed E-state index contributed by atoms with van der Waals surface area (Å²) in [5.41, 5.74) is -0.313. The largest absolute Gasteiger partial charge is 0.459 e. The second-order valence-corrected chi connectivity index (χ2v) is 16.6. The number of carbonyl (C=O) groups is 2. The van der Waals surface area contributed by atoms with Gasteiger partial charge in [0, 0.05) is 47.8 Å². The average molecular weight is 643 g/mol. The van der Waals surface area contributed by atoms with E-state index in [1.807, 2.05) is 0 Å². The Hall–Kier alpha value is -2.00. The molecule has 46 heavy (non-hydrogen) atoms. The number of ether oxygens (including phenoxy) is 2. The van der Waals surface area contributed by atoms with E-state index < -0.39 is 0 Å². The van der Waals surface area contributed by atoms with E-state index in [-0.39, 0.29) is 58.5 Å². The number of rotatable bonds is 11. The summed E-state index contributed by atoms with van der Waals surface area (Å²) in [5.74, 6) is -0.750. The Balaban J connectivity index is 1.34. The molecule has 1 aromatic rings. The topological polar surface area (TPSA) is 77.5 Å². The van der Waals surface area contributed by atoms with E-state index in [0.717, 1.165) is 32.1 Å². The summed E-state index contributed by atoms with van der Waals surface area (Å²) >= 11 is 0. The molecule has 0 amide bonds. The Morgan fingerprint density at radius 1 is 0.674 bits per heavy atom. The van der Waals surface area contributed by atoms with Crippen LogP contribution in [0.2, 0.25) is 0 Å². The first-order chi connectivity index (χ1) is 21.5. The molecule has 0 aromatic heterocycles. The van der Waals surface area contributed by atoms with Crippen molar-refractivity contribution in [1.82, 2.24) is 10.1 Å². The van der Waals surface area contributed by atoms with Gasteiger partial charge in [-0.1, -0.05) is 39.5 Å². The van der Waals surface area contributed by atoms with Crippen LogP contribution < -0.4 is 0 Å². The number of benzene rings is 1. The molecule has 2 aliphatic heterocycles. The van der Waals surface area contributed by atoms with Gasteiger partial charge in [-0.25, -0.2) is 9.59 Å². The first-order valence-electron chi connectivity index (χ1n) is 17.9. The van der Waals surface area contributed by atoms with Crippen molar-refractivity contribution < 1.29 is 28.7 Å². The molecule has 2 heterocycles. The van der Waals surface area contributed by atoms with Gasteiger partial charge < -0.3 is 9.47 Å². The number of nitrogens with zero attached hydrogens (tertiary/aromatic N) is 2. The Kier molecular flexibility index (Phi) is 11.7. The number of hydroxylamine groups is 4. The first kappa shape index (κ1) is 36.8. The highest BCUT2D eigenvalue weighted by Gasteiger charge is 2.50. The van der Waals surface area contributed by atoms with Gasteiger partial charge in [0.2, 0.25) is 0 Å². The molecule has 260 valence electrons. The van der Waals surface area contributed by atoms with E-state index in [1.165, 1.54) is 19.3 Å².